The Morgan fingerprint density at radius 1 is 1.20 bits per heavy atom. The number of rotatable bonds is 1. The largest absolute Gasteiger partial charge is 0.313 e. The highest BCUT2D eigenvalue weighted by molar-refractivity contribution is 5.55. The zero-order valence-electron chi connectivity index (χ0n) is 9.64. The maximum absolute atomic E-state index is 3.41. The molecule has 0 spiro atoms. The monoisotopic (exact) mass is 201 g/mol. The van der Waals surface area contributed by atoms with Crippen molar-refractivity contribution in [1.82, 2.24) is 5.32 Å². The van der Waals surface area contributed by atoms with Crippen LogP contribution in [-0.4, -0.2) is 13.1 Å². The molecule has 0 saturated carbocycles. The maximum Gasteiger partial charge on any atom is 0.0167 e. The van der Waals surface area contributed by atoms with E-state index in [0.29, 0.717) is 0 Å². The van der Waals surface area contributed by atoms with E-state index in [1.54, 1.807) is 0 Å². The molecule has 0 bridgehead atoms. The van der Waals surface area contributed by atoms with Crippen molar-refractivity contribution in [2.45, 2.75) is 26.7 Å². The minimum Gasteiger partial charge on any atom is -0.313 e. The van der Waals surface area contributed by atoms with Crippen molar-refractivity contribution in [3.63, 3.8) is 0 Å². The van der Waals surface area contributed by atoms with E-state index in [1.165, 1.54) is 41.6 Å². The summed E-state index contributed by atoms with van der Waals surface area (Å²) in [6, 6.07) is 6.69. The molecule has 1 fully saturated rings. The highest BCUT2D eigenvalue weighted by atomic mass is 14.9. The van der Waals surface area contributed by atoms with Crippen molar-refractivity contribution in [2.75, 3.05) is 13.1 Å². The third-order valence-electron chi connectivity index (χ3n) is 3.11. The lowest BCUT2D eigenvalue weighted by molar-refractivity contribution is 0.613. The Balaban J connectivity index is 2.18. The van der Waals surface area contributed by atoms with Gasteiger partial charge in [0.05, 0.1) is 0 Å². The fourth-order valence-corrected chi connectivity index (χ4v) is 1.99. The van der Waals surface area contributed by atoms with Crippen molar-refractivity contribution >= 4 is 6.08 Å². The average molecular weight is 201 g/mol. The van der Waals surface area contributed by atoms with E-state index in [0.717, 1.165) is 6.54 Å². The Labute approximate surface area is 92.2 Å². The van der Waals surface area contributed by atoms with Gasteiger partial charge in [0.1, 0.15) is 0 Å². The molecule has 80 valence electrons. The molecule has 1 N–H and O–H groups in total. The zero-order chi connectivity index (χ0) is 10.7. The van der Waals surface area contributed by atoms with E-state index >= 15 is 0 Å². The topological polar surface area (TPSA) is 12.0 Å². The Hall–Kier alpha value is -1.08. The number of hydrogen-bond donors (Lipinski definition) is 1. The minimum atomic E-state index is 1.06. The van der Waals surface area contributed by atoms with Crippen molar-refractivity contribution in [2.24, 2.45) is 0 Å². The van der Waals surface area contributed by atoms with Gasteiger partial charge in [-0.15, -0.1) is 0 Å². The van der Waals surface area contributed by atoms with Gasteiger partial charge in [0.2, 0.25) is 0 Å². The Morgan fingerprint density at radius 2 is 2.07 bits per heavy atom. The van der Waals surface area contributed by atoms with Crippen LogP contribution in [0.1, 0.15) is 29.5 Å². The van der Waals surface area contributed by atoms with Gasteiger partial charge in [-0.3, -0.25) is 0 Å². The smallest absolute Gasteiger partial charge is 0.0167 e. The van der Waals surface area contributed by atoms with Crippen LogP contribution in [-0.2, 0) is 0 Å². The third-order valence-corrected chi connectivity index (χ3v) is 3.11. The summed E-state index contributed by atoms with van der Waals surface area (Å²) >= 11 is 0. The van der Waals surface area contributed by atoms with Gasteiger partial charge >= 0.3 is 0 Å². The standard InChI is InChI=1S/C14H19N/c1-11-5-6-13(8-12(11)2)9-14-4-3-7-15-10-14/h5-6,8-9,15H,3-4,7,10H2,1-2H3. The molecule has 1 nitrogen and oxygen atoms in total. The normalized spacial score (nSPS) is 19.5. The zero-order valence-corrected chi connectivity index (χ0v) is 9.64. The summed E-state index contributed by atoms with van der Waals surface area (Å²) in [6.07, 6.45) is 4.86. The van der Waals surface area contributed by atoms with Crippen LogP contribution in [0.5, 0.6) is 0 Å². The fourth-order valence-electron chi connectivity index (χ4n) is 1.99. The molecule has 0 aromatic heterocycles. The third kappa shape index (κ3) is 2.69. The number of aryl methyl sites for hydroxylation is 2. The molecule has 0 radical (unpaired) electrons. The molecule has 1 aromatic rings. The molecule has 15 heavy (non-hydrogen) atoms. The lowest BCUT2D eigenvalue weighted by Crippen LogP contribution is -2.23. The molecule has 1 saturated heterocycles. The first kappa shape index (κ1) is 10.4. The van der Waals surface area contributed by atoms with Crippen LogP contribution in [0.15, 0.2) is 23.8 Å². The summed E-state index contributed by atoms with van der Waals surface area (Å²) in [5.74, 6) is 0. The highest BCUT2D eigenvalue weighted by Crippen LogP contribution is 2.16. The number of piperidine rings is 1. The van der Waals surface area contributed by atoms with Crippen molar-refractivity contribution in [1.29, 1.82) is 0 Å². The van der Waals surface area contributed by atoms with E-state index in [-0.39, 0.29) is 0 Å². The number of hydrogen-bond acceptors (Lipinski definition) is 1. The molecule has 0 amide bonds. The molecule has 0 unspecified atom stereocenters. The molecule has 1 aromatic carbocycles. The summed E-state index contributed by atoms with van der Waals surface area (Å²) in [4.78, 5) is 0. The van der Waals surface area contributed by atoms with Gasteiger partial charge in [-0.05, 0) is 49.9 Å². The highest BCUT2D eigenvalue weighted by Gasteiger charge is 2.04. The van der Waals surface area contributed by atoms with Gasteiger partial charge in [-0.25, -0.2) is 0 Å². The summed E-state index contributed by atoms with van der Waals surface area (Å²) < 4.78 is 0. The van der Waals surface area contributed by atoms with Gasteiger partial charge in [0.25, 0.3) is 0 Å². The van der Waals surface area contributed by atoms with E-state index < -0.39 is 0 Å². The van der Waals surface area contributed by atoms with Crippen molar-refractivity contribution < 1.29 is 0 Å². The molecule has 0 aliphatic carbocycles. The van der Waals surface area contributed by atoms with Crippen LogP contribution in [0.25, 0.3) is 6.08 Å². The summed E-state index contributed by atoms with van der Waals surface area (Å²) in [5.41, 5.74) is 5.63. The predicted molar refractivity (Wildman–Crippen MR) is 66.0 cm³/mol. The van der Waals surface area contributed by atoms with Crippen LogP contribution in [0.2, 0.25) is 0 Å². The van der Waals surface area contributed by atoms with Crippen LogP contribution in [0.3, 0.4) is 0 Å². The first-order valence-corrected chi connectivity index (χ1v) is 5.73. The molecule has 1 heteroatoms. The number of benzene rings is 1. The Bertz CT molecular complexity index is 369. The van der Waals surface area contributed by atoms with Crippen molar-refractivity contribution in [3.05, 3.63) is 40.5 Å². The average Bonchev–Trinajstić information content (AvgIpc) is 2.25. The molecular weight excluding hydrogens is 182 g/mol. The summed E-state index contributed by atoms with van der Waals surface area (Å²) in [5, 5.41) is 3.41. The van der Waals surface area contributed by atoms with E-state index in [9.17, 15) is 0 Å². The van der Waals surface area contributed by atoms with Crippen LogP contribution in [0.4, 0.5) is 0 Å². The SMILES string of the molecule is Cc1ccc(C=C2CCCNC2)cc1C. The molecule has 1 aliphatic rings. The quantitative estimate of drug-likeness (QED) is 0.736. The molecule has 1 heterocycles. The van der Waals surface area contributed by atoms with E-state index in [1.807, 2.05) is 0 Å². The maximum atomic E-state index is 3.41. The Kier molecular flexibility index (Phi) is 3.22. The molecule has 1 aliphatic heterocycles. The second-order valence-corrected chi connectivity index (χ2v) is 4.43. The van der Waals surface area contributed by atoms with Gasteiger partial charge in [0, 0.05) is 6.54 Å². The molecule has 0 atom stereocenters. The number of nitrogens with one attached hydrogen (secondary N) is 1. The second kappa shape index (κ2) is 4.63. The predicted octanol–water partition coefficient (Wildman–Crippen LogP) is 3.07. The second-order valence-electron chi connectivity index (χ2n) is 4.43. The first-order chi connectivity index (χ1) is 7.25. The lowest BCUT2D eigenvalue weighted by atomic mass is 10.0. The van der Waals surface area contributed by atoms with Gasteiger partial charge in [0.15, 0.2) is 0 Å². The first-order valence-electron chi connectivity index (χ1n) is 5.73. The molecular formula is C14H19N. The van der Waals surface area contributed by atoms with Gasteiger partial charge in [-0.2, -0.15) is 0 Å². The van der Waals surface area contributed by atoms with Gasteiger partial charge in [-0.1, -0.05) is 29.8 Å². The molecule has 2 rings (SSSR count). The van der Waals surface area contributed by atoms with E-state index in [4.69, 9.17) is 0 Å². The van der Waals surface area contributed by atoms with Crippen LogP contribution < -0.4 is 5.32 Å². The Morgan fingerprint density at radius 3 is 2.73 bits per heavy atom. The van der Waals surface area contributed by atoms with Crippen LogP contribution in [0, 0.1) is 13.8 Å². The minimum absolute atomic E-state index is 1.06. The summed E-state index contributed by atoms with van der Waals surface area (Å²) in [7, 11) is 0. The van der Waals surface area contributed by atoms with Crippen LogP contribution >= 0.6 is 0 Å². The fraction of sp³-hybridized carbons (Fsp3) is 0.429. The van der Waals surface area contributed by atoms with Crippen molar-refractivity contribution in [3.8, 4) is 0 Å². The van der Waals surface area contributed by atoms with E-state index in [2.05, 4.69) is 43.4 Å². The van der Waals surface area contributed by atoms with Gasteiger partial charge < -0.3 is 5.32 Å². The summed E-state index contributed by atoms with van der Waals surface area (Å²) in [6.45, 7) is 6.57. The lowest BCUT2D eigenvalue weighted by Gasteiger charge is -2.15.